The van der Waals surface area contributed by atoms with Crippen molar-refractivity contribution in [3.63, 3.8) is 0 Å². The van der Waals surface area contributed by atoms with Gasteiger partial charge in [-0.05, 0) is 19.1 Å². The van der Waals surface area contributed by atoms with Crippen LogP contribution in [0.15, 0.2) is 5.38 Å². The molecule has 0 N–H and O–H groups in total. The summed E-state index contributed by atoms with van der Waals surface area (Å²) in [5, 5.41) is 3.52. The Bertz CT molecular complexity index is 240. The van der Waals surface area contributed by atoms with Gasteiger partial charge in [0.25, 0.3) is 0 Å². The second-order valence-electron chi connectivity index (χ2n) is 2.87. The van der Waals surface area contributed by atoms with E-state index < -0.39 is 0 Å². The van der Waals surface area contributed by atoms with E-state index in [0.29, 0.717) is 0 Å². The first-order valence-corrected chi connectivity index (χ1v) is 6.10. The normalized spacial score (nSPS) is 17.2. The number of aromatic nitrogens is 1. The van der Waals surface area contributed by atoms with E-state index in [1.165, 1.54) is 23.5 Å². The van der Waals surface area contributed by atoms with Gasteiger partial charge in [0.1, 0.15) is 5.01 Å². The average Bonchev–Trinajstić information content (AvgIpc) is 2.75. The lowest BCUT2D eigenvalue weighted by Crippen LogP contribution is -1.80. The molecule has 1 aliphatic rings. The van der Waals surface area contributed by atoms with Crippen molar-refractivity contribution in [1.82, 2.24) is 4.98 Å². The number of rotatable bonds is 3. The molecule has 3 heteroatoms. The third-order valence-corrected chi connectivity index (χ3v) is 3.44. The zero-order chi connectivity index (χ0) is 7.68. The summed E-state index contributed by atoms with van der Waals surface area (Å²) in [4.78, 5) is 4.56. The molecule has 1 aliphatic carbocycles. The highest BCUT2D eigenvalue weighted by molar-refractivity contribution is 7.97. The Balaban J connectivity index is 2.06. The van der Waals surface area contributed by atoms with Gasteiger partial charge < -0.3 is 0 Å². The molecule has 1 aromatic rings. The lowest BCUT2D eigenvalue weighted by Gasteiger charge is -1.88. The van der Waals surface area contributed by atoms with Crippen LogP contribution in [0.2, 0.25) is 0 Å². The standard InChI is InChI=1S/C8H11NS2/c1-10-5-8-9-7(4-11-8)6-2-3-6/h4,6H,2-3,5H2,1H3. The van der Waals surface area contributed by atoms with Gasteiger partial charge in [-0.3, -0.25) is 0 Å². The van der Waals surface area contributed by atoms with Crippen LogP contribution in [-0.4, -0.2) is 11.2 Å². The summed E-state index contributed by atoms with van der Waals surface area (Å²) in [6.45, 7) is 0. The molecule has 0 atom stereocenters. The largest absolute Gasteiger partial charge is 0.245 e. The van der Waals surface area contributed by atoms with E-state index in [4.69, 9.17) is 0 Å². The summed E-state index contributed by atoms with van der Waals surface area (Å²) in [7, 11) is 0. The topological polar surface area (TPSA) is 12.9 Å². The predicted molar refractivity (Wildman–Crippen MR) is 51.3 cm³/mol. The van der Waals surface area contributed by atoms with E-state index in [0.717, 1.165) is 11.7 Å². The number of nitrogens with zero attached hydrogens (tertiary/aromatic N) is 1. The summed E-state index contributed by atoms with van der Waals surface area (Å²) >= 11 is 3.66. The fourth-order valence-corrected chi connectivity index (χ4v) is 2.68. The molecule has 1 aromatic heterocycles. The molecule has 1 saturated carbocycles. The molecular weight excluding hydrogens is 174 g/mol. The van der Waals surface area contributed by atoms with Gasteiger partial charge in [0.15, 0.2) is 0 Å². The van der Waals surface area contributed by atoms with E-state index in [2.05, 4.69) is 16.6 Å². The Morgan fingerprint density at radius 2 is 2.55 bits per heavy atom. The van der Waals surface area contributed by atoms with E-state index >= 15 is 0 Å². The molecular formula is C8H11NS2. The highest BCUT2D eigenvalue weighted by atomic mass is 32.2. The first-order chi connectivity index (χ1) is 5.40. The molecule has 0 aromatic carbocycles. The van der Waals surface area contributed by atoms with Gasteiger partial charge in [0.2, 0.25) is 0 Å². The number of hydrogen-bond donors (Lipinski definition) is 0. The van der Waals surface area contributed by atoms with Crippen molar-refractivity contribution in [2.24, 2.45) is 0 Å². The zero-order valence-electron chi connectivity index (χ0n) is 6.54. The van der Waals surface area contributed by atoms with Crippen LogP contribution in [-0.2, 0) is 5.75 Å². The maximum Gasteiger partial charge on any atom is 0.103 e. The summed E-state index contributed by atoms with van der Waals surface area (Å²) in [6.07, 6.45) is 4.85. The molecule has 0 spiro atoms. The molecule has 1 heterocycles. The molecule has 0 unspecified atom stereocenters. The van der Waals surface area contributed by atoms with Crippen molar-refractivity contribution in [1.29, 1.82) is 0 Å². The predicted octanol–water partition coefficient (Wildman–Crippen LogP) is 2.88. The molecule has 2 rings (SSSR count). The third kappa shape index (κ3) is 1.76. The number of hydrogen-bond acceptors (Lipinski definition) is 3. The molecule has 0 aliphatic heterocycles. The van der Waals surface area contributed by atoms with E-state index in [1.54, 1.807) is 0 Å². The van der Waals surface area contributed by atoms with Crippen LogP contribution < -0.4 is 0 Å². The van der Waals surface area contributed by atoms with Crippen LogP contribution in [0.25, 0.3) is 0 Å². The highest BCUT2D eigenvalue weighted by Gasteiger charge is 2.25. The summed E-state index contributed by atoms with van der Waals surface area (Å²) < 4.78 is 0. The van der Waals surface area contributed by atoms with Crippen LogP contribution >= 0.6 is 23.1 Å². The summed E-state index contributed by atoms with van der Waals surface area (Å²) in [6, 6.07) is 0. The first-order valence-electron chi connectivity index (χ1n) is 3.83. The van der Waals surface area contributed by atoms with E-state index in [-0.39, 0.29) is 0 Å². The quantitative estimate of drug-likeness (QED) is 0.718. The number of thiazole rings is 1. The van der Waals surface area contributed by atoms with E-state index in [9.17, 15) is 0 Å². The molecule has 0 radical (unpaired) electrons. The molecule has 60 valence electrons. The van der Waals surface area contributed by atoms with Crippen molar-refractivity contribution >= 4 is 23.1 Å². The summed E-state index contributed by atoms with van der Waals surface area (Å²) in [5.41, 5.74) is 1.35. The van der Waals surface area contributed by atoms with Crippen molar-refractivity contribution < 1.29 is 0 Å². The van der Waals surface area contributed by atoms with Crippen molar-refractivity contribution in [2.75, 3.05) is 6.26 Å². The molecule has 1 fully saturated rings. The second kappa shape index (κ2) is 3.15. The van der Waals surface area contributed by atoms with Gasteiger partial charge in [0, 0.05) is 17.1 Å². The van der Waals surface area contributed by atoms with Crippen LogP contribution in [0.3, 0.4) is 0 Å². The Morgan fingerprint density at radius 1 is 1.73 bits per heavy atom. The maximum absolute atomic E-state index is 4.56. The zero-order valence-corrected chi connectivity index (χ0v) is 8.17. The molecule has 1 nitrogen and oxygen atoms in total. The highest BCUT2D eigenvalue weighted by Crippen LogP contribution is 2.40. The summed E-state index contributed by atoms with van der Waals surface area (Å²) in [5.74, 6) is 1.90. The molecule has 11 heavy (non-hydrogen) atoms. The van der Waals surface area contributed by atoms with Crippen molar-refractivity contribution in [3.8, 4) is 0 Å². The monoisotopic (exact) mass is 185 g/mol. The minimum Gasteiger partial charge on any atom is -0.245 e. The van der Waals surface area contributed by atoms with Crippen LogP contribution in [0.4, 0.5) is 0 Å². The number of thioether (sulfide) groups is 1. The van der Waals surface area contributed by atoms with Gasteiger partial charge in [-0.1, -0.05) is 0 Å². The Hall–Kier alpha value is -0.0200. The van der Waals surface area contributed by atoms with Gasteiger partial charge in [-0.15, -0.1) is 11.3 Å². The Labute approximate surface area is 75.2 Å². The van der Waals surface area contributed by atoms with Crippen LogP contribution in [0.1, 0.15) is 29.5 Å². The fourth-order valence-electron chi connectivity index (χ4n) is 1.08. The lowest BCUT2D eigenvalue weighted by atomic mass is 10.3. The van der Waals surface area contributed by atoms with Crippen LogP contribution in [0, 0.1) is 0 Å². The van der Waals surface area contributed by atoms with E-state index in [1.807, 2.05) is 23.1 Å². The fraction of sp³-hybridized carbons (Fsp3) is 0.625. The average molecular weight is 185 g/mol. The minimum absolute atomic E-state index is 0.821. The van der Waals surface area contributed by atoms with Gasteiger partial charge in [0.05, 0.1) is 5.69 Å². The molecule has 0 bridgehead atoms. The molecule has 0 amide bonds. The molecule has 0 saturated heterocycles. The van der Waals surface area contributed by atoms with Gasteiger partial charge in [-0.25, -0.2) is 4.98 Å². The maximum atomic E-state index is 4.56. The van der Waals surface area contributed by atoms with Gasteiger partial charge in [-0.2, -0.15) is 11.8 Å². The minimum atomic E-state index is 0.821. The smallest absolute Gasteiger partial charge is 0.103 e. The first kappa shape index (κ1) is 7.62. The lowest BCUT2D eigenvalue weighted by molar-refractivity contribution is 1.03. The second-order valence-corrected chi connectivity index (χ2v) is 4.68. The Kier molecular flexibility index (Phi) is 2.18. The SMILES string of the molecule is CSCc1nc(C2CC2)cs1. The van der Waals surface area contributed by atoms with Crippen molar-refractivity contribution in [2.45, 2.75) is 24.5 Å². The van der Waals surface area contributed by atoms with Gasteiger partial charge >= 0.3 is 0 Å². The van der Waals surface area contributed by atoms with Crippen molar-refractivity contribution in [3.05, 3.63) is 16.1 Å². The third-order valence-electron chi connectivity index (χ3n) is 1.83. The Morgan fingerprint density at radius 3 is 3.18 bits per heavy atom. The van der Waals surface area contributed by atoms with Crippen LogP contribution in [0.5, 0.6) is 0 Å².